The first-order chi connectivity index (χ1) is 7.06. The topological polar surface area (TPSA) is 54.9 Å². The Morgan fingerprint density at radius 2 is 2.20 bits per heavy atom. The van der Waals surface area contributed by atoms with Gasteiger partial charge in [-0.1, -0.05) is 27.2 Å². The van der Waals surface area contributed by atoms with Gasteiger partial charge in [0.15, 0.2) is 5.82 Å². The van der Waals surface area contributed by atoms with Crippen LogP contribution in [0.4, 0.5) is 5.82 Å². The van der Waals surface area contributed by atoms with E-state index >= 15 is 0 Å². The molecule has 1 aromatic heterocycles. The Labute approximate surface area is 90.1 Å². The zero-order chi connectivity index (χ0) is 11.3. The number of nitrogens with zero attached hydrogens (tertiary/aromatic N) is 2. The van der Waals surface area contributed by atoms with Crippen molar-refractivity contribution in [1.29, 1.82) is 0 Å². The first kappa shape index (κ1) is 11.6. The molecule has 0 atom stereocenters. The van der Waals surface area contributed by atoms with E-state index in [0.29, 0.717) is 5.82 Å². The first-order valence-electron chi connectivity index (χ1n) is 5.13. The molecule has 1 heterocycles. The molecular weight excluding hydrogens is 190 g/mol. The van der Waals surface area contributed by atoms with E-state index in [1.54, 1.807) is 18.6 Å². The zero-order valence-corrected chi connectivity index (χ0v) is 9.45. The second-order valence-electron chi connectivity index (χ2n) is 4.18. The summed E-state index contributed by atoms with van der Waals surface area (Å²) in [4.78, 5) is 19.7. The van der Waals surface area contributed by atoms with Crippen LogP contribution in [-0.2, 0) is 4.79 Å². The van der Waals surface area contributed by atoms with Crippen LogP contribution in [0.15, 0.2) is 18.6 Å². The van der Waals surface area contributed by atoms with Gasteiger partial charge in [-0.3, -0.25) is 9.78 Å². The average molecular weight is 207 g/mol. The Hall–Kier alpha value is -1.45. The maximum Gasteiger partial charge on any atom is 0.231 e. The quantitative estimate of drug-likeness (QED) is 0.823. The van der Waals surface area contributed by atoms with Crippen LogP contribution >= 0.6 is 0 Å². The fraction of sp³-hybridized carbons (Fsp3) is 0.545. The Bertz CT molecular complexity index is 322. The average Bonchev–Trinajstić information content (AvgIpc) is 2.19. The van der Waals surface area contributed by atoms with E-state index in [-0.39, 0.29) is 11.3 Å². The molecule has 0 bridgehead atoms. The van der Waals surface area contributed by atoms with Crippen molar-refractivity contribution in [3.05, 3.63) is 18.6 Å². The van der Waals surface area contributed by atoms with E-state index < -0.39 is 0 Å². The summed E-state index contributed by atoms with van der Waals surface area (Å²) < 4.78 is 0. The fourth-order valence-corrected chi connectivity index (χ4v) is 1.39. The lowest BCUT2D eigenvalue weighted by Crippen LogP contribution is -2.30. The number of nitrogens with one attached hydrogen (secondary N) is 1. The minimum atomic E-state index is -0.355. The van der Waals surface area contributed by atoms with Gasteiger partial charge in [-0.05, 0) is 6.42 Å². The SMILES string of the molecule is CCCC(C)(C)C(=O)Nc1cnccn1. The molecule has 0 spiro atoms. The Morgan fingerprint density at radius 1 is 1.47 bits per heavy atom. The van der Waals surface area contributed by atoms with Crippen molar-refractivity contribution >= 4 is 11.7 Å². The third-order valence-corrected chi connectivity index (χ3v) is 2.29. The number of carbonyl (C=O) groups excluding carboxylic acids is 1. The second-order valence-corrected chi connectivity index (χ2v) is 4.18. The third-order valence-electron chi connectivity index (χ3n) is 2.29. The number of anilines is 1. The molecule has 0 aliphatic carbocycles. The number of rotatable bonds is 4. The van der Waals surface area contributed by atoms with Crippen LogP contribution in [0.2, 0.25) is 0 Å². The van der Waals surface area contributed by atoms with Crippen molar-refractivity contribution in [2.45, 2.75) is 33.6 Å². The van der Waals surface area contributed by atoms with Gasteiger partial charge in [0.2, 0.25) is 5.91 Å². The highest BCUT2D eigenvalue weighted by Crippen LogP contribution is 2.23. The maximum atomic E-state index is 11.8. The fourth-order valence-electron chi connectivity index (χ4n) is 1.39. The molecule has 1 rings (SSSR count). The Balaban J connectivity index is 2.63. The smallest absolute Gasteiger partial charge is 0.231 e. The summed E-state index contributed by atoms with van der Waals surface area (Å²) in [7, 11) is 0. The highest BCUT2D eigenvalue weighted by Gasteiger charge is 2.26. The summed E-state index contributed by atoms with van der Waals surface area (Å²) in [6.45, 7) is 5.93. The normalized spacial score (nSPS) is 11.1. The molecule has 82 valence electrons. The largest absolute Gasteiger partial charge is 0.309 e. The maximum absolute atomic E-state index is 11.8. The Morgan fingerprint density at radius 3 is 2.73 bits per heavy atom. The molecule has 1 amide bonds. The predicted molar refractivity (Wildman–Crippen MR) is 59.4 cm³/mol. The summed E-state index contributed by atoms with van der Waals surface area (Å²) in [5.41, 5.74) is -0.355. The third kappa shape index (κ3) is 3.31. The second kappa shape index (κ2) is 4.87. The molecule has 0 saturated heterocycles. The van der Waals surface area contributed by atoms with E-state index in [9.17, 15) is 4.79 Å². The molecule has 0 aliphatic rings. The number of hydrogen-bond donors (Lipinski definition) is 1. The lowest BCUT2D eigenvalue weighted by Gasteiger charge is -2.22. The highest BCUT2D eigenvalue weighted by atomic mass is 16.2. The lowest BCUT2D eigenvalue weighted by atomic mass is 9.87. The van der Waals surface area contributed by atoms with Gasteiger partial charge >= 0.3 is 0 Å². The summed E-state index contributed by atoms with van der Waals surface area (Å²) >= 11 is 0. The van der Waals surface area contributed by atoms with Crippen LogP contribution in [0.1, 0.15) is 33.6 Å². The molecule has 4 nitrogen and oxygen atoms in total. The summed E-state index contributed by atoms with van der Waals surface area (Å²) in [5.74, 6) is 0.497. The van der Waals surface area contributed by atoms with Gasteiger partial charge in [0, 0.05) is 17.8 Å². The van der Waals surface area contributed by atoms with Crippen LogP contribution in [-0.4, -0.2) is 15.9 Å². The van der Waals surface area contributed by atoms with Crippen LogP contribution in [0.25, 0.3) is 0 Å². The highest BCUT2D eigenvalue weighted by molar-refractivity contribution is 5.93. The van der Waals surface area contributed by atoms with E-state index in [1.165, 1.54) is 0 Å². The molecule has 0 aliphatic heterocycles. The lowest BCUT2D eigenvalue weighted by molar-refractivity contribution is -0.124. The van der Waals surface area contributed by atoms with Crippen LogP contribution < -0.4 is 5.32 Å². The number of hydrogen-bond acceptors (Lipinski definition) is 3. The molecule has 1 aromatic rings. The van der Waals surface area contributed by atoms with Crippen LogP contribution in [0, 0.1) is 5.41 Å². The van der Waals surface area contributed by atoms with Crippen molar-refractivity contribution in [2.75, 3.05) is 5.32 Å². The van der Waals surface area contributed by atoms with Crippen LogP contribution in [0.3, 0.4) is 0 Å². The van der Waals surface area contributed by atoms with E-state index in [2.05, 4.69) is 22.2 Å². The van der Waals surface area contributed by atoms with Crippen molar-refractivity contribution in [2.24, 2.45) is 5.41 Å². The van der Waals surface area contributed by atoms with Gasteiger partial charge in [-0.2, -0.15) is 0 Å². The van der Waals surface area contributed by atoms with Crippen molar-refractivity contribution in [1.82, 2.24) is 9.97 Å². The number of carbonyl (C=O) groups is 1. The monoisotopic (exact) mass is 207 g/mol. The standard InChI is InChI=1S/C11H17N3O/c1-4-5-11(2,3)10(15)14-9-8-12-6-7-13-9/h6-8H,4-5H2,1-3H3,(H,13,14,15). The molecule has 0 saturated carbocycles. The van der Waals surface area contributed by atoms with Gasteiger partial charge < -0.3 is 5.32 Å². The van der Waals surface area contributed by atoms with E-state index in [4.69, 9.17) is 0 Å². The van der Waals surface area contributed by atoms with Gasteiger partial charge in [0.1, 0.15) is 0 Å². The van der Waals surface area contributed by atoms with Gasteiger partial charge in [-0.25, -0.2) is 4.98 Å². The summed E-state index contributed by atoms with van der Waals surface area (Å²) in [6.07, 6.45) is 6.52. The molecule has 15 heavy (non-hydrogen) atoms. The Kier molecular flexibility index (Phi) is 3.77. The van der Waals surface area contributed by atoms with Gasteiger partial charge in [0.05, 0.1) is 6.20 Å². The summed E-state index contributed by atoms with van der Waals surface area (Å²) in [6, 6.07) is 0. The number of aromatic nitrogens is 2. The predicted octanol–water partition coefficient (Wildman–Crippen LogP) is 2.24. The molecule has 4 heteroatoms. The van der Waals surface area contributed by atoms with Crippen molar-refractivity contribution < 1.29 is 4.79 Å². The number of amides is 1. The van der Waals surface area contributed by atoms with Crippen molar-refractivity contribution in [3.8, 4) is 0 Å². The zero-order valence-electron chi connectivity index (χ0n) is 9.45. The van der Waals surface area contributed by atoms with E-state index in [1.807, 2.05) is 13.8 Å². The van der Waals surface area contributed by atoms with Gasteiger partial charge in [0.25, 0.3) is 0 Å². The first-order valence-corrected chi connectivity index (χ1v) is 5.13. The summed E-state index contributed by atoms with van der Waals surface area (Å²) in [5, 5.41) is 2.75. The molecule has 0 radical (unpaired) electrons. The molecule has 0 unspecified atom stereocenters. The molecule has 0 fully saturated rings. The van der Waals surface area contributed by atoms with Gasteiger partial charge in [-0.15, -0.1) is 0 Å². The van der Waals surface area contributed by atoms with Crippen molar-refractivity contribution in [3.63, 3.8) is 0 Å². The minimum Gasteiger partial charge on any atom is -0.309 e. The van der Waals surface area contributed by atoms with E-state index in [0.717, 1.165) is 12.8 Å². The molecule has 0 aromatic carbocycles. The van der Waals surface area contributed by atoms with Crippen LogP contribution in [0.5, 0.6) is 0 Å². The molecule has 1 N–H and O–H groups in total. The minimum absolute atomic E-state index is 0.00940. The molecular formula is C11H17N3O.